The predicted octanol–water partition coefficient (Wildman–Crippen LogP) is 1.89. The minimum atomic E-state index is -0.634. The van der Waals surface area contributed by atoms with E-state index in [1.165, 1.54) is 0 Å². The van der Waals surface area contributed by atoms with Crippen LogP contribution in [-0.4, -0.2) is 28.2 Å². The van der Waals surface area contributed by atoms with Gasteiger partial charge in [-0.1, -0.05) is 31.2 Å². The number of para-hydroxylation sites is 1. The number of rotatable bonds is 3. The average molecular weight is 356 g/mol. The van der Waals surface area contributed by atoms with E-state index in [1.54, 1.807) is 50.3 Å². The summed E-state index contributed by atoms with van der Waals surface area (Å²) in [7, 11) is 0. The summed E-state index contributed by atoms with van der Waals surface area (Å²) in [6, 6.07) is 8.49. The highest BCUT2D eigenvalue weighted by molar-refractivity contribution is 6.17. The van der Waals surface area contributed by atoms with E-state index in [1.807, 2.05) is 6.92 Å². The van der Waals surface area contributed by atoms with Crippen molar-refractivity contribution < 1.29 is 14.3 Å². The van der Waals surface area contributed by atoms with Crippen LogP contribution < -0.4 is 16.0 Å². The Kier molecular flexibility index (Phi) is 4.79. The van der Waals surface area contributed by atoms with Gasteiger partial charge < -0.3 is 9.47 Å². The number of fused-ring (bicyclic) bond motifs is 1. The minimum Gasteiger partial charge on any atom is -0.475 e. The molecule has 1 N–H and O–H groups in total. The van der Waals surface area contributed by atoms with Crippen LogP contribution in [0.2, 0.25) is 0 Å². The van der Waals surface area contributed by atoms with Crippen LogP contribution in [0.15, 0.2) is 46.0 Å². The molecule has 0 saturated carbocycles. The number of carbonyl (C=O) groups is 1. The molecule has 2 aromatic rings. The molecule has 0 fully saturated rings. The highest BCUT2D eigenvalue weighted by atomic mass is 16.5. The van der Waals surface area contributed by atoms with Crippen molar-refractivity contribution in [3.8, 4) is 11.6 Å². The van der Waals surface area contributed by atoms with Crippen molar-refractivity contribution in [2.75, 3.05) is 6.61 Å². The number of ether oxygens (including phenoxy) is 2. The third kappa shape index (κ3) is 3.08. The summed E-state index contributed by atoms with van der Waals surface area (Å²) in [4.78, 5) is 40.7. The standard InChI is InChI=1S/C19H20N2O5/c1-4-25-18(23)14-10-11(2)12(3)26-16-15(14)17(22)21(19(24)20-16)13-8-6-5-7-9-13/h5-12H,4H2,1-3H3,(H,20,24). The molecule has 0 saturated heterocycles. The second-order valence-corrected chi connectivity index (χ2v) is 6.09. The van der Waals surface area contributed by atoms with Gasteiger partial charge in [-0.3, -0.25) is 9.78 Å². The highest BCUT2D eigenvalue weighted by Crippen LogP contribution is 2.29. The average Bonchev–Trinajstić information content (AvgIpc) is 2.73. The quantitative estimate of drug-likeness (QED) is 0.848. The molecule has 7 nitrogen and oxygen atoms in total. The van der Waals surface area contributed by atoms with Gasteiger partial charge in [-0.25, -0.2) is 14.2 Å². The number of H-pyrrole nitrogens is 1. The first-order valence-corrected chi connectivity index (χ1v) is 8.44. The van der Waals surface area contributed by atoms with E-state index in [2.05, 4.69) is 4.98 Å². The van der Waals surface area contributed by atoms with Crippen LogP contribution in [0.4, 0.5) is 0 Å². The van der Waals surface area contributed by atoms with E-state index in [0.717, 1.165) is 4.57 Å². The Bertz CT molecular complexity index is 972. The Hall–Kier alpha value is -3.09. The van der Waals surface area contributed by atoms with Gasteiger partial charge in [0, 0.05) is 5.92 Å². The van der Waals surface area contributed by atoms with Gasteiger partial charge in [0.25, 0.3) is 5.56 Å². The van der Waals surface area contributed by atoms with Crippen molar-refractivity contribution in [3.05, 3.63) is 62.8 Å². The molecule has 2 atom stereocenters. The van der Waals surface area contributed by atoms with Crippen molar-refractivity contribution in [3.63, 3.8) is 0 Å². The Labute approximate surface area is 149 Å². The topological polar surface area (TPSA) is 90.4 Å². The molecule has 0 aliphatic carbocycles. The van der Waals surface area contributed by atoms with E-state index in [0.29, 0.717) is 5.69 Å². The summed E-state index contributed by atoms with van der Waals surface area (Å²) in [5.41, 5.74) is -0.761. The summed E-state index contributed by atoms with van der Waals surface area (Å²) < 4.78 is 11.8. The van der Waals surface area contributed by atoms with Gasteiger partial charge in [-0.15, -0.1) is 0 Å². The van der Waals surface area contributed by atoms with Gasteiger partial charge in [0.05, 0.1) is 17.9 Å². The molecule has 26 heavy (non-hydrogen) atoms. The highest BCUT2D eigenvalue weighted by Gasteiger charge is 2.30. The van der Waals surface area contributed by atoms with Gasteiger partial charge in [0.2, 0.25) is 5.88 Å². The maximum Gasteiger partial charge on any atom is 0.338 e. The first-order chi connectivity index (χ1) is 12.4. The van der Waals surface area contributed by atoms with Crippen LogP contribution in [0.5, 0.6) is 5.88 Å². The van der Waals surface area contributed by atoms with Crippen LogP contribution in [0.1, 0.15) is 26.3 Å². The SMILES string of the molecule is CCOC(=O)C1=CC(C)C(C)Oc2[nH]c(=O)n(-c3ccccc3)c(=O)c21. The van der Waals surface area contributed by atoms with E-state index < -0.39 is 17.2 Å². The van der Waals surface area contributed by atoms with E-state index >= 15 is 0 Å². The second-order valence-electron chi connectivity index (χ2n) is 6.09. The van der Waals surface area contributed by atoms with Crippen molar-refractivity contribution in [1.82, 2.24) is 9.55 Å². The van der Waals surface area contributed by atoms with E-state index in [9.17, 15) is 14.4 Å². The van der Waals surface area contributed by atoms with Gasteiger partial charge >= 0.3 is 11.7 Å². The molecule has 3 rings (SSSR count). The van der Waals surface area contributed by atoms with Crippen LogP contribution in [0.25, 0.3) is 11.3 Å². The molecule has 7 heteroatoms. The third-order valence-electron chi connectivity index (χ3n) is 4.32. The molecule has 1 aromatic heterocycles. The predicted molar refractivity (Wildman–Crippen MR) is 96.5 cm³/mol. The fourth-order valence-electron chi connectivity index (χ4n) is 2.81. The van der Waals surface area contributed by atoms with Gasteiger partial charge in [0.1, 0.15) is 11.7 Å². The monoisotopic (exact) mass is 356 g/mol. The molecular formula is C19H20N2O5. The molecular weight excluding hydrogens is 336 g/mol. The lowest BCUT2D eigenvalue weighted by atomic mass is 10.0. The minimum absolute atomic E-state index is 0.00287. The molecule has 0 spiro atoms. The summed E-state index contributed by atoms with van der Waals surface area (Å²) in [6.45, 7) is 5.53. The number of benzene rings is 1. The molecule has 1 aliphatic rings. The number of nitrogens with one attached hydrogen (secondary N) is 1. The number of aromatic amines is 1. The summed E-state index contributed by atoms with van der Waals surface area (Å²) in [5.74, 6) is -0.791. The van der Waals surface area contributed by atoms with Crippen molar-refractivity contribution in [2.45, 2.75) is 26.9 Å². The van der Waals surface area contributed by atoms with Crippen molar-refractivity contribution in [1.29, 1.82) is 0 Å². The maximum absolute atomic E-state index is 13.1. The zero-order chi connectivity index (χ0) is 18.8. The fourth-order valence-corrected chi connectivity index (χ4v) is 2.81. The van der Waals surface area contributed by atoms with Crippen molar-refractivity contribution in [2.24, 2.45) is 5.92 Å². The van der Waals surface area contributed by atoms with Crippen molar-refractivity contribution >= 4 is 11.5 Å². The van der Waals surface area contributed by atoms with Crippen LogP contribution in [-0.2, 0) is 9.53 Å². The summed E-state index contributed by atoms with van der Waals surface area (Å²) >= 11 is 0. The number of esters is 1. The summed E-state index contributed by atoms with van der Waals surface area (Å²) in [6.07, 6.45) is 1.33. The normalized spacial score (nSPS) is 19.0. The molecule has 1 aliphatic heterocycles. The fraction of sp³-hybridized carbons (Fsp3) is 0.316. The Balaban J connectivity index is 2.31. The number of aromatic nitrogens is 2. The van der Waals surface area contributed by atoms with Crippen LogP contribution in [0, 0.1) is 5.92 Å². The Morgan fingerprint density at radius 3 is 2.58 bits per heavy atom. The molecule has 0 bridgehead atoms. The zero-order valence-corrected chi connectivity index (χ0v) is 14.8. The van der Waals surface area contributed by atoms with Gasteiger partial charge in [-0.2, -0.15) is 0 Å². The number of carbonyl (C=O) groups excluding carboxylic acids is 1. The number of nitrogens with zero attached hydrogens (tertiary/aromatic N) is 1. The number of hydrogen-bond donors (Lipinski definition) is 1. The van der Waals surface area contributed by atoms with Gasteiger partial charge in [-0.05, 0) is 26.0 Å². The molecule has 0 radical (unpaired) electrons. The largest absolute Gasteiger partial charge is 0.475 e. The van der Waals surface area contributed by atoms with E-state index in [4.69, 9.17) is 9.47 Å². The first kappa shape index (κ1) is 17.7. The van der Waals surface area contributed by atoms with Crippen LogP contribution in [0.3, 0.4) is 0 Å². The van der Waals surface area contributed by atoms with Crippen LogP contribution >= 0.6 is 0 Å². The lowest BCUT2D eigenvalue weighted by Gasteiger charge is -2.17. The zero-order valence-electron chi connectivity index (χ0n) is 14.8. The number of hydrogen-bond acceptors (Lipinski definition) is 5. The maximum atomic E-state index is 13.1. The molecule has 2 heterocycles. The molecule has 2 unspecified atom stereocenters. The van der Waals surface area contributed by atoms with E-state index in [-0.39, 0.29) is 35.6 Å². The Morgan fingerprint density at radius 2 is 1.92 bits per heavy atom. The first-order valence-electron chi connectivity index (χ1n) is 8.44. The smallest absolute Gasteiger partial charge is 0.338 e. The molecule has 1 aromatic carbocycles. The molecule has 136 valence electrons. The summed E-state index contributed by atoms with van der Waals surface area (Å²) in [5, 5.41) is 0. The Morgan fingerprint density at radius 1 is 1.23 bits per heavy atom. The van der Waals surface area contributed by atoms with Gasteiger partial charge in [0.15, 0.2) is 0 Å². The molecule has 0 amide bonds. The third-order valence-corrected chi connectivity index (χ3v) is 4.32. The lowest BCUT2D eigenvalue weighted by Crippen LogP contribution is -2.37. The lowest BCUT2D eigenvalue weighted by molar-refractivity contribution is -0.136. The second kappa shape index (κ2) is 7.03.